The van der Waals surface area contributed by atoms with E-state index in [-0.39, 0.29) is 12.8 Å². The molecule has 0 aliphatic carbocycles. The molecule has 35 heavy (non-hydrogen) atoms. The van der Waals surface area contributed by atoms with Crippen LogP contribution in [0, 0.1) is 0 Å². The fraction of sp³-hybridized carbons (Fsp3) is 0.500. The Bertz CT molecular complexity index is 717. The summed E-state index contributed by atoms with van der Waals surface area (Å²) >= 11 is 0. The van der Waals surface area contributed by atoms with Gasteiger partial charge in [-0.05, 0) is 0 Å². The monoisotopic (exact) mass is 520 g/mol. The Hall–Kier alpha value is -4.36. The molecule has 0 aromatic carbocycles. The highest BCUT2D eigenvalue weighted by atomic mass is 16.4. The van der Waals surface area contributed by atoms with Gasteiger partial charge in [0, 0.05) is 6.92 Å². The zero-order valence-corrected chi connectivity index (χ0v) is 17.7. The molecule has 0 saturated heterocycles. The predicted octanol–water partition coefficient (Wildman–Crippen LogP) is -3.34. The first-order valence-electron chi connectivity index (χ1n) is 8.44. The lowest BCUT2D eigenvalue weighted by atomic mass is 9.96. The van der Waals surface area contributed by atoms with Crippen LogP contribution < -0.4 is 0 Å². The van der Waals surface area contributed by atoms with Crippen molar-refractivity contribution in [3.05, 3.63) is 0 Å². The fourth-order valence-electron chi connectivity index (χ4n) is 1.20. The Kier molecular flexibility index (Phi) is 20.7. The molecule has 0 rings (SSSR count). The number of hydrogen-bond donors (Lipinski definition) is 11. The topological polar surface area (TPSA) is 359 Å². The van der Waals surface area contributed by atoms with Crippen LogP contribution in [0.15, 0.2) is 0 Å². The Morgan fingerprint density at radius 1 is 0.571 bits per heavy atom. The fourth-order valence-corrected chi connectivity index (χ4v) is 1.20. The molecular weight excluding hydrogens is 496 g/mol. The van der Waals surface area contributed by atoms with Crippen LogP contribution in [0.25, 0.3) is 0 Å². The lowest BCUT2D eigenvalue weighted by Gasteiger charge is -2.18. The molecule has 11 N–H and O–H groups in total. The first-order chi connectivity index (χ1) is 15.6. The number of aliphatic hydroxyl groups is 3. The van der Waals surface area contributed by atoms with Gasteiger partial charge in [-0.15, -0.1) is 0 Å². The largest absolute Gasteiger partial charge is 0.481 e. The molecule has 2 unspecified atom stereocenters. The summed E-state index contributed by atoms with van der Waals surface area (Å²) in [6.45, 7) is 1.08. The van der Waals surface area contributed by atoms with Crippen molar-refractivity contribution in [1.82, 2.24) is 0 Å². The second kappa shape index (κ2) is 19.1. The normalized spacial score (nSPS) is 11.2. The van der Waals surface area contributed by atoms with Gasteiger partial charge in [0.1, 0.15) is 0 Å². The molecule has 0 aliphatic heterocycles. The van der Waals surface area contributed by atoms with Crippen molar-refractivity contribution in [2.75, 3.05) is 0 Å². The molecule has 19 heteroatoms. The maximum absolute atomic E-state index is 10.3. The number of hydrogen-bond acceptors (Lipinski definition) is 11. The third-order valence-corrected chi connectivity index (χ3v) is 2.64. The molecule has 0 fully saturated rings. The predicted molar refractivity (Wildman–Crippen MR) is 102 cm³/mol. The van der Waals surface area contributed by atoms with Gasteiger partial charge in [-0.3, -0.25) is 24.0 Å². The average molecular weight is 520 g/mol. The molecule has 0 amide bonds. The minimum atomic E-state index is -2.74. The zero-order chi connectivity index (χ0) is 29.1. The molecule has 0 aliphatic rings. The quantitative estimate of drug-likeness (QED) is 0.127. The van der Waals surface area contributed by atoms with Crippen molar-refractivity contribution < 1.29 is 94.5 Å². The Labute approximate surface area is 193 Å². The Morgan fingerprint density at radius 3 is 0.914 bits per heavy atom. The summed E-state index contributed by atoms with van der Waals surface area (Å²) in [4.78, 5) is 78.3. The molecular formula is C16H24O19. The molecule has 0 heterocycles. The lowest BCUT2D eigenvalue weighted by molar-refractivity contribution is -0.170. The highest BCUT2D eigenvalue weighted by Gasteiger charge is 2.40. The van der Waals surface area contributed by atoms with Gasteiger partial charge >= 0.3 is 41.8 Å². The third kappa shape index (κ3) is 27.6. The van der Waals surface area contributed by atoms with Gasteiger partial charge < -0.3 is 56.2 Å². The van der Waals surface area contributed by atoms with Crippen LogP contribution in [0.4, 0.5) is 0 Å². The molecule has 2 atom stereocenters. The third-order valence-electron chi connectivity index (χ3n) is 2.64. The van der Waals surface area contributed by atoms with Crippen LogP contribution in [0.1, 0.15) is 32.6 Å². The highest BCUT2D eigenvalue weighted by Crippen LogP contribution is 2.15. The summed E-state index contributed by atoms with van der Waals surface area (Å²) in [5.74, 6) is -11.5. The van der Waals surface area contributed by atoms with E-state index < -0.39 is 78.4 Å². The van der Waals surface area contributed by atoms with Crippen molar-refractivity contribution in [1.29, 1.82) is 0 Å². The van der Waals surface area contributed by atoms with Crippen LogP contribution in [-0.2, 0) is 38.4 Å². The minimum Gasteiger partial charge on any atom is -0.481 e. The van der Waals surface area contributed by atoms with Gasteiger partial charge in [-0.2, -0.15) is 0 Å². The smallest absolute Gasteiger partial charge is 0.336 e. The van der Waals surface area contributed by atoms with E-state index in [1.165, 1.54) is 0 Å². The van der Waals surface area contributed by atoms with Crippen LogP contribution in [0.2, 0.25) is 0 Å². The van der Waals surface area contributed by atoms with E-state index in [1.54, 1.807) is 0 Å². The van der Waals surface area contributed by atoms with Crippen molar-refractivity contribution in [3.8, 4) is 0 Å². The lowest BCUT2D eigenvalue weighted by Crippen LogP contribution is -2.42. The van der Waals surface area contributed by atoms with Crippen molar-refractivity contribution in [3.63, 3.8) is 0 Å². The first kappa shape index (κ1) is 37.9. The second-order valence-corrected chi connectivity index (χ2v) is 5.85. The maximum Gasteiger partial charge on any atom is 0.336 e. The van der Waals surface area contributed by atoms with Gasteiger partial charge in [0.2, 0.25) is 0 Å². The summed E-state index contributed by atoms with van der Waals surface area (Å²) < 4.78 is 0. The number of carbonyl (C=O) groups is 8. The molecule has 202 valence electrons. The number of aliphatic carboxylic acids is 8. The Balaban J connectivity index is -0.000000196. The minimum absolute atomic E-state index is 0.296. The van der Waals surface area contributed by atoms with Crippen molar-refractivity contribution in [2.24, 2.45) is 0 Å². The molecule has 0 saturated carbocycles. The van der Waals surface area contributed by atoms with E-state index in [1.807, 2.05) is 0 Å². The molecule has 0 aromatic rings. The molecule has 0 spiro atoms. The maximum atomic E-state index is 10.3. The van der Waals surface area contributed by atoms with Crippen LogP contribution in [0.5, 0.6) is 0 Å². The summed E-state index contributed by atoms with van der Waals surface area (Å²) in [6.07, 6.45) is -7.41. The standard InChI is InChI=1S/C6H8O7.C4H6O6.C4H6O4.C2H4O2/c7-3(8)1-6(13,5(11)12)2-4(9)10;5-1(3(7)8)2(6)4(9)10;5-3(6)1-2-4(7)8;1-2(3)4/h13H,1-2H2,(H,7,8)(H,9,10)(H,11,12);1-2,5-6H,(H,7,8)(H,9,10);1-2H2,(H,5,6)(H,7,8);1H3,(H,3,4). The van der Waals surface area contributed by atoms with Gasteiger partial charge in [0.25, 0.3) is 5.97 Å². The Morgan fingerprint density at radius 2 is 0.800 bits per heavy atom. The van der Waals surface area contributed by atoms with E-state index in [4.69, 9.17) is 61.0 Å². The van der Waals surface area contributed by atoms with E-state index >= 15 is 0 Å². The molecule has 19 nitrogen and oxygen atoms in total. The average Bonchev–Trinajstić information content (AvgIpc) is 2.64. The van der Waals surface area contributed by atoms with Crippen LogP contribution in [0.3, 0.4) is 0 Å². The molecule has 0 aromatic heterocycles. The number of carboxylic acid groups (broad SMARTS) is 8. The van der Waals surface area contributed by atoms with Gasteiger partial charge in [-0.25, -0.2) is 14.4 Å². The summed E-state index contributed by atoms with van der Waals surface area (Å²) in [6, 6.07) is 0. The first-order valence-corrected chi connectivity index (χ1v) is 8.44. The van der Waals surface area contributed by atoms with Crippen LogP contribution in [-0.4, -0.2) is 122 Å². The second-order valence-electron chi connectivity index (χ2n) is 5.85. The van der Waals surface area contributed by atoms with E-state index in [0.717, 1.165) is 6.92 Å². The summed E-state index contributed by atoms with van der Waals surface area (Å²) in [5, 5.41) is 89.6. The number of carboxylic acids is 8. The van der Waals surface area contributed by atoms with Crippen molar-refractivity contribution in [2.45, 2.75) is 50.4 Å². The van der Waals surface area contributed by atoms with Gasteiger partial charge in [0.15, 0.2) is 17.8 Å². The van der Waals surface area contributed by atoms with Gasteiger partial charge in [0.05, 0.1) is 25.7 Å². The van der Waals surface area contributed by atoms with Gasteiger partial charge in [-0.1, -0.05) is 0 Å². The van der Waals surface area contributed by atoms with Crippen LogP contribution >= 0.6 is 0 Å². The van der Waals surface area contributed by atoms with Crippen molar-refractivity contribution >= 4 is 47.8 Å². The molecule has 0 radical (unpaired) electrons. The summed E-state index contributed by atoms with van der Waals surface area (Å²) in [7, 11) is 0. The summed E-state index contributed by atoms with van der Waals surface area (Å²) in [5.41, 5.74) is -2.74. The van der Waals surface area contributed by atoms with E-state index in [0.29, 0.717) is 0 Å². The van der Waals surface area contributed by atoms with E-state index in [9.17, 15) is 33.6 Å². The SMILES string of the molecule is CC(=O)O.O=C(O)C(O)C(O)C(=O)O.O=C(O)CC(O)(CC(=O)O)C(=O)O.O=C(O)CCC(=O)O. The number of aliphatic hydroxyl groups excluding tert-OH is 2. The highest BCUT2D eigenvalue weighted by molar-refractivity contribution is 5.88. The zero-order valence-electron chi connectivity index (χ0n) is 17.7. The van der Waals surface area contributed by atoms with E-state index in [2.05, 4.69) is 0 Å². The molecule has 0 bridgehead atoms. The number of rotatable bonds is 11.